The molecule has 1 aromatic heterocycles. The van der Waals surface area contributed by atoms with Crippen LogP contribution in [0.1, 0.15) is 17.3 Å². The predicted octanol–water partition coefficient (Wildman–Crippen LogP) is 1.28. The van der Waals surface area contributed by atoms with E-state index in [4.69, 9.17) is 0 Å². The van der Waals surface area contributed by atoms with E-state index in [1.54, 1.807) is 12.4 Å². The topological polar surface area (TPSA) is 45.2 Å². The van der Waals surface area contributed by atoms with Crippen LogP contribution in [0.3, 0.4) is 0 Å². The Morgan fingerprint density at radius 1 is 1.62 bits per heavy atom. The number of nitrogens with zero attached hydrogens (tertiary/aromatic N) is 2. The van der Waals surface area contributed by atoms with Crippen LogP contribution in [0.2, 0.25) is 0 Å². The summed E-state index contributed by atoms with van der Waals surface area (Å²) in [7, 11) is 0. The van der Waals surface area contributed by atoms with Gasteiger partial charge in [0.25, 0.3) is 5.91 Å². The van der Waals surface area contributed by atoms with Gasteiger partial charge in [0, 0.05) is 36.5 Å². The van der Waals surface area contributed by atoms with E-state index in [2.05, 4.69) is 26.2 Å². The lowest BCUT2D eigenvalue weighted by Crippen LogP contribution is -2.58. The molecule has 0 unspecified atom stereocenters. The first-order valence-electron chi connectivity index (χ1n) is 5.34. The number of pyridine rings is 1. The smallest absolute Gasteiger partial charge is 0.255 e. The molecule has 5 heteroatoms. The molecule has 1 amide bonds. The van der Waals surface area contributed by atoms with E-state index in [0.29, 0.717) is 11.6 Å². The third-order valence-electron chi connectivity index (χ3n) is 2.75. The van der Waals surface area contributed by atoms with Crippen LogP contribution in [-0.4, -0.2) is 41.5 Å². The molecule has 0 bridgehead atoms. The summed E-state index contributed by atoms with van der Waals surface area (Å²) in [6, 6.07) is 2.14. The molecule has 0 saturated carbocycles. The highest BCUT2D eigenvalue weighted by Gasteiger charge is 2.27. The van der Waals surface area contributed by atoms with Gasteiger partial charge in [0.2, 0.25) is 0 Å². The van der Waals surface area contributed by atoms with Gasteiger partial charge < -0.3 is 10.2 Å². The molecule has 1 fully saturated rings. The zero-order valence-electron chi connectivity index (χ0n) is 9.11. The van der Waals surface area contributed by atoms with Crippen molar-refractivity contribution in [2.45, 2.75) is 13.0 Å². The highest BCUT2D eigenvalue weighted by atomic mass is 79.9. The standard InChI is InChI=1S/C11H14BrN3O/c1-2-15(10-6-14-7-10)11(16)8-3-9(12)5-13-4-8/h3-5,10,14H,2,6-7H2,1H3. The van der Waals surface area contributed by atoms with Crippen LogP contribution in [0.4, 0.5) is 0 Å². The van der Waals surface area contributed by atoms with Crippen LogP contribution >= 0.6 is 15.9 Å². The first kappa shape index (κ1) is 11.5. The molecular formula is C11H14BrN3O. The highest BCUT2D eigenvalue weighted by Crippen LogP contribution is 2.14. The Kier molecular flexibility index (Phi) is 3.56. The second-order valence-electron chi connectivity index (χ2n) is 3.80. The number of hydrogen-bond donors (Lipinski definition) is 1. The third-order valence-corrected chi connectivity index (χ3v) is 3.19. The second-order valence-corrected chi connectivity index (χ2v) is 4.71. The maximum atomic E-state index is 12.2. The third kappa shape index (κ3) is 2.25. The number of likely N-dealkylation sites (N-methyl/N-ethyl adjacent to an activating group) is 1. The van der Waals surface area contributed by atoms with Crippen LogP contribution in [0.15, 0.2) is 22.9 Å². The Labute approximate surface area is 103 Å². The van der Waals surface area contributed by atoms with E-state index >= 15 is 0 Å². The second kappa shape index (κ2) is 4.93. The minimum atomic E-state index is 0.0581. The molecule has 0 spiro atoms. The Morgan fingerprint density at radius 2 is 2.38 bits per heavy atom. The van der Waals surface area contributed by atoms with Crippen molar-refractivity contribution in [1.29, 1.82) is 0 Å². The van der Waals surface area contributed by atoms with Crippen molar-refractivity contribution in [3.63, 3.8) is 0 Å². The van der Waals surface area contributed by atoms with Gasteiger partial charge in [0.1, 0.15) is 0 Å². The lowest BCUT2D eigenvalue weighted by molar-refractivity contribution is 0.0629. The average molecular weight is 284 g/mol. The van der Waals surface area contributed by atoms with Gasteiger partial charge >= 0.3 is 0 Å². The van der Waals surface area contributed by atoms with Gasteiger partial charge in [0.05, 0.1) is 11.6 Å². The Hall–Kier alpha value is -0.940. The van der Waals surface area contributed by atoms with Gasteiger partial charge in [-0.05, 0) is 28.9 Å². The van der Waals surface area contributed by atoms with E-state index < -0.39 is 0 Å². The number of carbonyl (C=O) groups excluding carboxylic acids is 1. The number of amides is 1. The van der Waals surface area contributed by atoms with Gasteiger partial charge in [-0.3, -0.25) is 9.78 Å². The SMILES string of the molecule is CCN(C(=O)c1cncc(Br)c1)C1CNC1. The molecule has 2 rings (SSSR count). The fourth-order valence-electron chi connectivity index (χ4n) is 1.76. The van der Waals surface area contributed by atoms with Gasteiger partial charge in [0.15, 0.2) is 0 Å². The quantitative estimate of drug-likeness (QED) is 0.909. The number of hydrogen-bond acceptors (Lipinski definition) is 3. The minimum absolute atomic E-state index is 0.0581. The molecule has 1 aromatic rings. The number of halogens is 1. The number of rotatable bonds is 3. The minimum Gasteiger partial charge on any atom is -0.333 e. The summed E-state index contributed by atoms with van der Waals surface area (Å²) in [5, 5.41) is 3.17. The monoisotopic (exact) mass is 283 g/mol. The van der Waals surface area contributed by atoms with Crippen LogP contribution in [0, 0.1) is 0 Å². The van der Waals surface area contributed by atoms with Crippen LogP contribution in [0.25, 0.3) is 0 Å². The molecular weight excluding hydrogens is 270 g/mol. The van der Waals surface area contributed by atoms with E-state index in [1.165, 1.54) is 0 Å². The van der Waals surface area contributed by atoms with Gasteiger partial charge in [-0.1, -0.05) is 0 Å². The first-order chi connectivity index (χ1) is 7.72. The van der Waals surface area contributed by atoms with Crippen LogP contribution in [-0.2, 0) is 0 Å². The normalized spacial score (nSPS) is 15.6. The number of aromatic nitrogens is 1. The molecule has 4 nitrogen and oxygen atoms in total. The van der Waals surface area contributed by atoms with Crippen molar-refractivity contribution < 1.29 is 4.79 Å². The summed E-state index contributed by atoms with van der Waals surface area (Å²) in [6.45, 7) is 4.52. The Balaban J connectivity index is 2.16. The van der Waals surface area contributed by atoms with Gasteiger partial charge in [-0.25, -0.2) is 0 Å². The zero-order chi connectivity index (χ0) is 11.5. The number of nitrogens with one attached hydrogen (secondary N) is 1. The highest BCUT2D eigenvalue weighted by molar-refractivity contribution is 9.10. The van der Waals surface area contributed by atoms with Crippen LogP contribution in [0.5, 0.6) is 0 Å². The molecule has 2 heterocycles. The molecule has 0 radical (unpaired) electrons. The largest absolute Gasteiger partial charge is 0.333 e. The molecule has 1 N–H and O–H groups in total. The summed E-state index contributed by atoms with van der Waals surface area (Å²) in [4.78, 5) is 18.1. The lowest BCUT2D eigenvalue weighted by atomic mass is 10.1. The zero-order valence-corrected chi connectivity index (χ0v) is 10.7. The molecule has 0 aliphatic carbocycles. The molecule has 1 saturated heterocycles. The van der Waals surface area contributed by atoms with Gasteiger partial charge in [-0.2, -0.15) is 0 Å². The van der Waals surface area contributed by atoms with Crippen LogP contribution < -0.4 is 5.32 Å². The van der Waals surface area contributed by atoms with E-state index in [-0.39, 0.29) is 5.91 Å². The molecule has 1 aliphatic heterocycles. The predicted molar refractivity (Wildman–Crippen MR) is 65.3 cm³/mol. The maximum Gasteiger partial charge on any atom is 0.255 e. The number of carbonyl (C=O) groups is 1. The summed E-state index contributed by atoms with van der Waals surface area (Å²) >= 11 is 3.32. The van der Waals surface area contributed by atoms with Crippen molar-refractivity contribution >= 4 is 21.8 Å². The van der Waals surface area contributed by atoms with Crippen molar-refractivity contribution in [3.8, 4) is 0 Å². The van der Waals surface area contributed by atoms with Gasteiger partial charge in [-0.15, -0.1) is 0 Å². The molecule has 16 heavy (non-hydrogen) atoms. The first-order valence-corrected chi connectivity index (χ1v) is 6.14. The molecule has 0 aromatic carbocycles. The fourth-order valence-corrected chi connectivity index (χ4v) is 2.12. The average Bonchev–Trinajstić information content (AvgIpc) is 2.22. The van der Waals surface area contributed by atoms with E-state index in [1.807, 2.05) is 17.9 Å². The molecule has 1 aliphatic rings. The summed E-state index contributed by atoms with van der Waals surface area (Å²) < 4.78 is 0.834. The Morgan fingerprint density at radius 3 is 2.88 bits per heavy atom. The van der Waals surface area contributed by atoms with E-state index in [9.17, 15) is 4.79 Å². The van der Waals surface area contributed by atoms with Crippen molar-refractivity contribution in [1.82, 2.24) is 15.2 Å². The summed E-state index contributed by atoms with van der Waals surface area (Å²) in [6.07, 6.45) is 3.29. The lowest BCUT2D eigenvalue weighted by Gasteiger charge is -2.37. The summed E-state index contributed by atoms with van der Waals surface area (Å²) in [5.41, 5.74) is 0.642. The molecule has 0 atom stereocenters. The fraction of sp³-hybridized carbons (Fsp3) is 0.455. The summed E-state index contributed by atoms with van der Waals surface area (Å²) in [5.74, 6) is 0.0581. The maximum absolute atomic E-state index is 12.2. The van der Waals surface area contributed by atoms with Crippen molar-refractivity contribution in [3.05, 3.63) is 28.5 Å². The molecule has 86 valence electrons. The van der Waals surface area contributed by atoms with E-state index in [0.717, 1.165) is 24.1 Å². The van der Waals surface area contributed by atoms with Crippen molar-refractivity contribution in [2.75, 3.05) is 19.6 Å². The Bertz CT molecular complexity index is 393. The van der Waals surface area contributed by atoms with Crippen molar-refractivity contribution in [2.24, 2.45) is 0 Å².